The highest BCUT2D eigenvalue weighted by Gasteiger charge is 2.38. The van der Waals surface area contributed by atoms with Crippen LogP contribution in [0.25, 0.3) is 0 Å². The standard InChI is InChI=1S/C12H16FN3O4S.ClH/c1-8(14)9-5-6-15(7-9)21(19,20)11-4-2-3-10(13)12(11)16(17)18;/h2-4,8-9H,5-7,14H2,1H3;1H. The van der Waals surface area contributed by atoms with Crippen molar-refractivity contribution in [2.45, 2.75) is 24.3 Å². The third kappa shape index (κ3) is 3.37. The predicted octanol–water partition coefficient (Wildman–Crippen LogP) is 1.51. The van der Waals surface area contributed by atoms with Crippen LogP contribution in [0.15, 0.2) is 23.1 Å². The highest BCUT2D eigenvalue weighted by atomic mass is 35.5. The van der Waals surface area contributed by atoms with E-state index in [0.717, 1.165) is 22.5 Å². The first kappa shape index (κ1) is 18.8. The van der Waals surface area contributed by atoms with Gasteiger partial charge in [0.2, 0.25) is 15.8 Å². The summed E-state index contributed by atoms with van der Waals surface area (Å²) in [6.45, 7) is 2.20. The molecule has 1 heterocycles. The fraction of sp³-hybridized carbons (Fsp3) is 0.500. The average molecular weight is 354 g/mol. The molecule has 1 fully saturated rings. The Kier molecular flexibility index (Phi) is 5.85. The molecule has 1 aromatic rings. The van der Waals surface area contributed by atoms with Crippen molar-refractivity contribution in [1.82, 2.24) is 4.31 Å². The highest BCUT2D eigenvalue weighted by Crippen LogP contribution is 2.32. The van der Waals surface area contributed by atoms with E-state index in [1.54, 1.807) is 6.92 Å². The van der Waals surface area contributed by atoms with Crippen LogP contribution in [0.2, 0.25) is 0 Å². The third-order valence-electron chi connectivity index (χ3n) is 3.68. The summed E-state index contributed by atoms with van der Waals surface area (Å²) < 4.78 is 39.7. The SMILES string of the molecule is CC(N)C1CCN(S(=O)(=O)c2cccc(F)c2[N+](=O)[O-])C1.Cl. The zero-order valence-electron chi connectivity index (χ0n) is 11.8. The quantitative estimate of drug-likeness (QED) is 0.652. The van der Waals surface area contributed by atoms with Crippen LogP contribution in [0.5, 0.6) is 0 Å². The van der Waals surface area contributed by atoms with Gasteiger partial charge in [-0.25, -0.2) is 8.42 Å². The number of nitro groups is 1. The van der Waals surface area contributed by atoms with Crippen LogP contribution in [-0.4, -0.2) is 36.8 Å². The summed E-state index contributed by atoms with van der Waals surface area (Å²) in [5.74, 6) is -1.17. The van der Waals surface area contributed by atoms with E-state index in [2.05, 4.69) is 0 Å². The molecule has 2 rings (SSSR count). The van der Waals surface area contributed by atoms with E-state index in [1.807, 2.05) is 0 Å². The number of rotatable bonds is 4. The highest BCUT2D eigenvalue weighted by molar-refractivity contribution is 7.89. The van der Waals surface area contributed by atoms with E-state index in [1.165, 1.54) is 0 Å². The minimum absolute atomic E-state index is 0. The fourth-order valence-corrected chi connectivity index (χ4v) is 4.10. The van der Waals surface area contributed by atoms with Crippen molar-refractivity contribution in [3.63, 3.8) is 0 Å². The number of hydrogen-bond acceptors (Lipinski definition) is 5. The molecule has 1 aromatic carbocycles. The van der Waals surface area contributed by atoms with Gasteiger partial charge in [-0.3, -0.25) is 10.1 Å². The second-order valence-electron chi connectivity index (χ2n) is 5.11. The van der Waals surface area contributed by atoms with Gasteiger partial charge in [-0.1, -0.05) is 6.07 Å². The molecular formula is C12H17ClFN3O4S. The second kappa shape index (κ2) is 6.86. The smallest absolute Gasteiger partial charge is 0.324 e. The normalized spacial score (nSPS) is 20.4. The Morgan fingerprint density at radius 1 is 1.50 bits per heavy atom. The van der Waals surface area contributed by atoms with Crippen LogP contribution in [0.4, 0.5) is 10.1 Å². The predicted molar refractivity (Wildman–Crippen MR) is 80.8 cm³/mol. The topological polar surface area (TPSA) is 107 Å². The summed E-state index contributed by atoms with van der Waals surface area (Å²) in [7, 11) is -4.11. The van der Waals surface area contributed by atoms with Crippen LogP contribution in [0.1, 0.15) is 13.3 Å². The molecular weight excluding hydrogens is 337 g/mol. The molecule has 0 amide bonds. The molecule has 2 unspecified atom stereocenters. The zero-order valence-corrected chi connectivity index (χ0v) is 13.4. The minimum atomic E-state index is -4.11. The number of para-hydroxylation sites is 1. The summed E-state index contributed by atoms with van der Waals surface area (Å²) in [4.78, 5) is 9.31. The lowest BCUT2D eigenvalue weighted by molar-refractivity contribution is -0.390. The molecule has 0 aromatic heterocycles. The maximum atomic E-state index is 13.6. The number of nitro benzene ring substituents is 1. The van der Waals surface area contributed by atoms with E-state index >= 15 is 0 Å². The van der Waals surface area contributed by atoms with E-state index in [4.69, 9.17) is 5.73 Å². The van der Waals surface area contributed by atoms with Gasteiger partial charge in [0, 0.05) is 19.1 Å². The van der Waals surface area contributed by atoms with Crippen LogP contribution >= 0.6 is 12.4 Å². The number of nitrogens with zero attached hydrogens (tertiary/aromatic N) is 2. The fourth-order valence-electron chi connectivity index (χ4n) is 2.42. The Bertz CT molecular complexity index is 668. The molecule has 1 saturated heterocycles. The first-order chi connectivity index (χ1) is 9.75. The lowest BCUT2D eigenvalue weighted by Gasteiger charge is -2.18. The Morgan fingerprint density at radius 2 is 2.14 bits per heavy atom. The van der Waals surface area contributed by atoms with Crippen LogP contribution in [-0.2, 0) is 10.0 Å². The minimum Gasteiger partial charge on any atom is -0.328 e. The van der Waals surface area contributed by atoms with Crippen molar-refractivity contribution in [2.75, 3.05) is 13.1 Å². The summed E-state index contributed by atoms with van der Waals surface area (Å²) in [6.07, 6.45) is 0.583. The lowest BCUT2D eigenvalue weighted by Crippen LogP contribution is -2.33. The van der Waals surface area contributed by atoms with E-state index < -0.39 is 31.3 Å². The van der Waals surface area contributed by atoms with Gasteiger partial charge in [0.1, 0.15) is 0 Å². The molecule has 0 spiro atoms. The van der Waals surface area contributed by atoms with Gasteiger partial charge in [0.15, 0.2) is 4.90 Å². The van der Waals surface area contributed by atoms with E-state index in [-0.39, 0.29) is 37.5 Å². The molecule has 2 atom stereocenters. The van der Waals surface area contributed by atoms with Gasteiger partial charge in [-0.05, 0) is 31.4 Å². The van der Waals surface area contributed by atoms with Gasteiger partial charge in [-0.15, -0.1) is 12.4 Å². The van der Waals surface area contributed by atoms with Crippen molar-refractivity contribution in [1.29, 1.82) is 0 Å². The second-order valence-corrected chi connectivity index (χ2v) is 7.02. The molecule has 10 heteroatoms. The molecule has 2 N–H and O–H groups in total. The first-order valence-electron chi connectivity index (χ1n) is 6.43. The number of halogens is 2. The van der Waals surface area contributed by atoms with Crippen molar-refractivity contribution in [3.8, 4) is 0 Å². The zero-order chi connectivity index (χ0) is 15.8. The van der Waals surface area contributed by atoms with Gasteiger partial charge >= 0.3 is 5.69 Å². The third-order valence-corrected chi connectivity index (χ3v) is 5.58. The maximum absolute atomic E-state index is 13.6. The summed E-state index contributed by atoms with van der Waals surface area (Å²) in [5.41, 5.74) is 4.74. The van der Waals surface area contributed by atoms with Crippen molar-refractivity contribution >= 4 is 28.1 Å². The summed E-state index contributed by atoms with van der Waals surface area (Å²) in [6, 6.07) is 2.89. The van der Waals surface area contributed by atoms with Crippen molar-refractivity contribution < 1.29 is 17.7 Å². The molecule has 1 aliphatic rings. The summed E-state index contributed by atoms with van der Waals surface area (Å²) in [5, 5.41) is 10.9. The molecule has 0 aliphatic carbocycles. The molecule has 7 nitrogen and oxygen atoms in total. The molecule has 0 bridgehead atoms. The van der Waals surface area contributed by atoms with Gasteiger partial charge in [0.05, 0.1) is 4.92 Å². The number of benzene rings is 1. The van der Waals surface area contributed by atoms with Gasteiger partial charge in [0.25, 0.3) is 0 Å². The molecule has 0 saturated carbocycles. The first-order valence-corrected chi connectivity index (χ1v) is 7.87. The Morgan fingerprint density at radius 3 is 2.64 bits per heavy atom. The molecule has 1 aliphatic heterocycles. The van der Waals surface area contributed by atoms with Gasteiger partial charge in [-0.2, -0.15) is 8.70 Å². The van der Waals surface area contributed by atoms with E-state index in [0.29, 0.717) is 6.42 Å². The average Bonchev–Trinajstić information content (AvgIpc) is 2.88. The molecule has 124 valence electrons. The Balaban J connectivity index is 0.00000242. The number of sulfonamides is 1. The number of nitrogens with two attached hydrogens (primary N) is 1. The van der Waals surface area contributed by atoms with Crippen molar-refractivity contribution in [2.24, 2.45) is 11.7 Å². The molecule has 22 heavy (non-hydrogen) atoms. The Hall–Kier alpha value is -1.29. The number of hydrogen-bond donors (Lipinski definition) is 1. The van der Waals surface area contributed by atoms with Crippen molar-refractivity contribution in [3.05, 3.63) is 34.1 Å². The largest absolute Gasteiger partial charge is 0.328 e. The lowest BCUT2D eigenvalue weighted by atomic mass is 10.0. The van der Waals surface area contributed by atoms with E-state index in [9.17, 15) is 22.9 Å². The Labute approximate surface area is 133 Å². The van der Waals surface area contributed by atoms with Crippen LogP contribution < -0.4 is 5.73 Å². The van der Waals surface area contributed by atoms with Crippen LogP contribution in [0, 0.1) is 21.8 Å². The maximum Gasteiger partial charge on any atom is 0.324 e. The van der Waals surface area contributed by atoms with Crippen LogP contribution in [0.3, 0.4) is 0 Å². The summed E-state index contributed by atoms with van der Waals surface area (Å²) >= 11 is 0. The molecule has 0 radical (unpaired) electrons. The monoisotopic (exact) mass is 353 g/mol. The van der Waals surface area contributed by atoms with Gasteiger partial charge < -0.3 is 5.73 Å².